The molecule has 3 nitrogen and oxygen atoms in total. The zero-order valence-electron chi connectivity index (χ0n) is 9.38. The monoisotopic (exact) mass is 300 g/mol. The molecule has 1 aromatic carbocycles. The molecule has 0 spiro atoms. The smallest absolute Gasteiger partial charge is 0.166 e. The Morgan fingerprint density at radius 1 is 1.11 bits per heavy atom. The molecular formula is C14H9BrN2O. The highest BCUT2D eigenvalue weighted by atomic mass is 79.9. The Balaban J connectivity index is 2.26. The second-order valence-electron chi connectivity index (χ2n) is 3.90. The number of fused-ring (bicyclic) bond motifs is 1. The molecule has 3 rings (SSSR count). The minimum atomic E-state index is 0.596. The van der Waals surface area contributed by atoms with E-state index in [2.05, 4.69) is 20.9 Å². The highest BCUT2D eigenvalue weighted by molar-refractivity contribution is 9.10. The summed E-state index contributed by atoms with van der Waals surface area (Å²) in [5.41, 5.74) is 3.22. The summed E-state index contributed by atoms with van der Waals surface area (Å²) >= 11 is 3.51. The molecule has 0 aliphatic carbocycles. The quantitative estimate of drug-likeness (QED) is 0.678. The van der Waals surface area contributed by atoms with E-state index >= 15 is 0 Å². The van der Waals surface area contributed by atoms with Gasteiger partial charge in [-0.1, -0.05) is 40.2 Å². The number of pyridine rings is 1. The molecule has 88 valence electrons. The van der Waals surface area contributed by atoms with E-state index in [0.29, 0.717) is 5.69 Å². The van der Waals surface area contributed by atoms with E-state index in [9.17, 15) is 4.79 Å². The first-order chi connectivity index (χ1) is 8.79. The maximum absolute atomic E-state index is 11.0. The fourth-order valence-electron chi connectivity index (χ4n) is 1.93. The van der Waals surface area contributed by atoms with E-state index in [1.807, 2.05) is 42.6 Å². The van der Waals surface area contributed by atoms with Gasteiger partial charge in [0.2, 0.25) is 0 Å². The molecule has 2 aromatic heterocycles. The van der Waals surface area contributed by atoms with Gasteiger partial charge >= 0.3 is 0 Å². The standard InChI is InChI=1S/C14H9BrN2O/c15-12-6-2-1-5-11(12)13-8-17-10(9-18)4-3-7-14(17)16-13/h1-9H. The van der Waals surface area contributed by atoms with Crippen LogP contribution in [-0.4, -0.2) is 15.7 Å². The molecule has 4 heteroatoms. The van der Waals surface area contributed by atoms with Gasteiger partial charge in [0.1, 0.15) is 5.65 Å². The molecule has 0 aliphatic rings. The predicted octanol–water partition coefficient (Wildman–Crippen LogP) is 3.58. The Kier molecular flexibility index (Phi) is 2.72. The normalized spacial score (nSPS) is 10.7. The number of carbonyl (C=O) groups is 1. The van der Waals surface area contributed by atoms with Gasteiger partial charge in [-0.25, -0.2) is 4.98 Å². The summed E-state index contributed by atoms with van der Waals surface area (Å²) in [6.45, 7) is 0. The highest BCUT2D eigenvalue weighted by Crippen LogP contribution is 2.27. The second kappa shape index (κ2) is 4.38. The molecular weight excluding hydrogens is 292 g/mol. The van der Waals surface area contributed by atoms with Crippen LogP contribution < -0.4 is 0 Å². The molecule has 0 aliphatic heterocycles. The van der Waals surface area contributed by atoms with E-state index in [-0.39, 0.29) is 0 Å². The van der Waals surface area contributed by atoms with E-state index in [4.69, 9.17) is 0 Å². The first kappa shape index (κ1) is 11.2. The first-order valence-electron chi connectivity index (χ1n) is 5.48. The summed E-state index contributed by atoms with van der Waals surface area (Å²) in [7, 11) is 0. The third-order valence-electron chi connectivity index (χ3n) is 2.79. The van der Waals surface area contributed by atoms with Crippen LogP contribution in [-0.2, 0) is 0 Å². The molecule has 0 radical (unpaired) electrons. The summed E-state index contributed by atoms with van der Waals surface area (Å²) in [5, 5.41) is 0. The number of rotatable bonds is 2. The number of aldehydes is 1. The summed E-state index contributed by atoms with van der Waals surface area (Å²) in [5.74, 6) is 0. The molecule has 0 bridgehead atoms. The molecule has 0 fully saturated rings. The Morgan fingerprint density at radius 3 is 2.72 bits per heavy atom. The van der Waals surface area contributed by atoms with Crippen LogP contribution in [0, 0.1) is 0 Å². The van der Waals surface area contributed by atoms with E-state index in [0.717, 1.165) is 27.7 Å². The van der Waals surface area contributed by atoms with Gasteiger partial charge in [0.25, 0.3) is 0 Å². The van der Waals surface area contributed by atoms with Crippen molar-refractivity contribution in [1.82, 2.24) is 9.38 Å². The van der Waals surface area contributed by atoms with Gasteiger partial charge in [-0.15, -0.1) is 0 Å². The third kappa shape index (κ3) is 1.75. The number of imidazole rings is 1. The second-order valence-corrected chi connectivity index (χ2v) is 4.76. The summed E-state index contributed by atoms with van der Waals surface area (Å²) in [6.07, 6.45) is 2.71. The van der Waals surface area contributed by atoms with Crippen molar-refractivity contribution in [3.63, 3.8) is 0 Å². The molecule has 0 saturated carbocycles. The Bertz CT molecular complexity index is 733. The number of halogens is 1. The van der Waals surface area contributed by atoms with Gasteiger partial charge in [-0.05, 0) is 18.2 Å². The summed E-state index contributed by atoms with van der Waals surface area (Å²) in [4.78, 5) is 15.5. The molecule has 3 aromatic rings. The van der Waals surface area contributed by atoms with Crippen molar-refractivity contribution >= 4 is 27.9 Å². The molecule has 2 heterocycles. The van der Waals surface area contributed by atoms with Crippen molar-refractivity contribution in [2.45, 2.75) is 0 Å². The lowest BCUT2D eigenvalue weighted by Crippen LogP contribution is -1.91. The lowest BCUT2D eigenvalue weighted by molar-refractivity contribution is 0.111. The first-order valence-corrected chi connectivity index (χ1v) is 6.27. The van der Waals surface area contributed by atoms with Crippen LogP contribution in [0.4, 0.5) is 0 Å². The largest absolute Gasteiger partial charge is 0.296 e. The number of hydrogen-bond donors (Lipinski definition) is 0. The molecule has 18 heavy (non-hydrogen) atoms. The molecule has 0 amide bonds. The van der Waals surface area contributed by atoms with Crippen LogP contribution in [0.3, 0.4) is 0 Å². The number of nitrogens with zero attached hydrogens (tertiary/aromatic N) is 2. The van der Waals surface area contributed by atoms with Crippen molar-refractivity contribution in [2.24, 2.45) is 0 Å². The maximum Gasteiger partial charge on any atom is 0.166 e. The van der Waals surface area contributed by atoms with Gasteiger partial charge in [-0.2, -0.15) is 0 Å². The topological polar surface area (TPSA) is 34.4 Å². The SMILES string of the molecule is O=Cc1cccc2nc(-c3ccccc3Br)cn12. The summed E-state index contributed by atoms with van der Waals surface area (Å²) in [6, 6.07) is 13.4. The zero-order chi connectivity index (χ0) is 12.5. The molecule has 0 unspecified atom stereocenters. The maximum atomic E-state index is 11.0. The van der Waals surface area contributed by atoms with Gasteiger partial charge in [0, 0.05) is 16.2 Å². The van der Waals surface area contributed by atoms with Gasteiger partial charge in [-0.3, -0.25) is 9.20 Å². The average Bonchev–Trinajstić information content (AvgIpc) is 2.82. The van der Waals surface area contributed by atoms with Gasteiger partial charge in [0.05, 0.1) is 11.4 Å². The van der Waals surface area contributed by atoms with Crippen LogP contribution in [0.1, 0.15) is 10.5 Å². The minimum Gasteiger partial charge on any atom is -0.296 e. The van der Waals surface area contributed by atoms with Crippen LogP contribution in [0.15, 0.2) is 53.1 Å². The predicted molar refractivity (Wildman–Crippen MR) is 73.7 cm³/mol. The van der Waals surface area contributed by atoms with Crippen molar-refractivity contribution < 1.29 is 4.79 Å². The van der Waals surface area contributed by atoms with Crippen LogP contribution in [0.25, 0.3) is 16.9 Å². The Labute approximate surface area is 112 Å². The fourth-order valence-corrected chi connectivity index (χ4v) is 2.41. The number of aromatic nitrogens is 2. The van der Waals surface area contributed by atoms with Crippen LogP contribution in [0.5, 0.6) is 0 Å². The van der Waals surface area contributed by atoms with Gasteiger partial charge in [0.15, 0.2) is 6.29 Å². The summed E-state index contributed by atoms with van der Waals surface area (Å²) < 4.78 is 2.78. The molecule has 0 saturated heterocycles. The van der Waals surface area contributed by atoms with E-state index in [1.54, 1.807) is 10.5 Å². The van der Waals surface area contributed by atoms with Crippen molar-refractivity contribution in [1.29, 1.82) is 0 Å². The number of hydrogen-bond acceptors (Lipinski definition) is 2. The average molecular weight is 301 g/mol. The van der Waals surface area contributed by atoms with Gasteiger partial charge < -0.3 is 0 Å². The van der Waals surface area contributed by atoms with Crippen molar-refractivity contribution in [2.75, 3.05) is 0 Å². The highest BCUT2D eigenvalue weighted by Gasteiger charge is 2.08. The van der Waals surface area contributed by atoms with Crippen LogP contribution >= 0.6 is 15.9 Å². The third-order valence-corrected chi connectivity index (χ3v) is 3.49. The van der Waals surface area contributed by atoms with Crippen molar-refractivity contribution in [3.8, 4) is 11.3 Å². The van der Waals surface area contributed by atoms with E-state index in [1.165, 1.54) is 0 Å². The fraction of sp³-hybridized carbons (Fsp3) is 0. The van der Waals surface area contributed by atoms with Crippen molar-refractivity contribution in [3.05, 3.63) is 58.8 Å². The zero-order valence-corrected chi connectivity index (χ0v) is 11.0. The molecule has 0 atom stereocenters. The minimum absolute atomic E-state index is 0.596. The number of benzene rings is 1. The number of carbonyl (C=O) groups excluding carboxylic acids is 1. The van der Waals surface area contributed by atoms with E-state index < -0.39 is 0 Å². The Morgan fingerprint density at radius 2 is 1.94 bits per heavy atom. The lowest BCUT2D eigenvalue weighted by Gasteiger charge is -1.98. The van der Waals surface area contributed by atoms with Crippen LogP contribution in [0.2, 0.25) is 0 Å². The Hall–Kier alpha value is -1.94. The lowest BCUT2D eigenvalue weighted by atomic mass is 10.2. The molecule has 0 N–H and O–H groups in total.